The van der Waals surface area contributed by atoms with Crippen molar-refractivity contribution in [1.82, 2.24) is 4.98 Å². The molecule has 1 saturated carbocycles. The zero-order chi connectivity index (χ0) is 10.3. The maximum absolute atomic E-state index is 5.94. The maximum atomic E-state index is 5.94. The molecule has 0 amide bonds. The molecule has 0 saturated heterocycles. The molecule has 1 aliphatic rings. The van der Waals surface area contributed by atoms with Gasteiger partial charge in [-0.15, -0.1) is 11.3 Å². The summed E-state index contributed by atoms with van der Waals surface area (Å²) in [6.07, 6.45) is 2.25. The summed E-state index contributed by atoms with van der Waals surface area (Å²) in [6, 6.07) is 0.127. The van der Waals surface area contributed by atoms with E-state index in [1.165, 1.54) is 11.4 Å². The molecule has 1 aliphatic carbocycles. The van der Waals surface area contributed by atoms with Crippen molar-refractivity contribution in [3.8, 4) is 0 Å². The van der Waals surface area contributed by atoms with Gasteiger partial charge in [-0.1, -0.05) is 20.8 Å². The van der Waals surface area contributed by atoms with Crippen molar-refractivity contribution in [3.63, 3.8) is 0 Å². The Morgan fingerprint density at radius 2 is 2.36 bits per heavy atom. The normalized spacial score (nSPS) is 26.1. The molecule has 3 heteroatoms. The highest BCUT2D eigenvalue weighted by molar-refractivity contribution is 7.09. The molecule has 2 unspecified atom stereocenters. The van der Waals surface area contributed by atoms with Gasteiger partial charge in [0, 0.05) is 17.3 Å². The molecule has 0 spiro atoms. The molecule has 78 valence electrons. The number of rotatable bonds is 3. The van der Waals surface area contributed by atoms with Crippen LogP contribution in [0.3, 0.4) is 0 Å². The summed E-state index contributed by atoms with van der Waals surface area (Å²) in [5.41, 5.74) is 7.50. The van der Waals surface area contributed by atoms with Crippen molar-refractivity contribution in [1.29, 1.82) is 0 Å². The van der Waals surface area contributed by atoms with E-state index in [2.05, 4.69) is 31.1 Å². The Kier molecular flexibility index (Phi) is 2.40. The average molecular weight is 210 g/mol. The quantitative estimate of drug-likeness (QED) is 0.832. The predicted molar refractivity (Wildman–Crippen MR) is 60.5 cm³/mol. The lowest BCUT2D eigenvalue weighted by Crippen LogP contribution is -2.08. The van der Waals surface area contributed by atoms with Crippen LogP contribution < -0.4 is 5.73 Å². The molecular weight excluding hydrogens is 192 g/mol. The van der Waals surface area contributed by atoms with Crippen LogP contribution in [0.2, 0.25) is 0 Å². The van der Waals surface area contributed by atoms with Crippen molar-refractivity contribution in [2.75, 3.05) is 0 Å². The first-order chi connectivity index (χ1) is 6.54. The van der Waals surface area contributed by atoms with Gasteiger partial charge in [0.15, 0.2) is 0 Å². The smallest absolute Gasteiger partial charge is 0.0965 e. The lowest BCUT2D eigenvalue weighted by Gasteiger charge is -2.03. The largest absolute Gasteiger partial charge is 0.323 e. The molecule has 1 fully saturated rings. The second kappa shape index (κ2) is 3.31. The molecule has 0 aromatic carbocycles. The van der Waals surface area contributed by atoms with E-state index in [9.17, 15) is 0 Å². The van der Waals surface area contributed by atoms with Crippen LogP contribution in [-0.4, -0.2) is 4.98 Å². The van der Waals surface area contributed by atoms with Crippen LogP contribution in [0.15, 0.2) is 5.38 Å². The molecular formula is C11H18N2S. The first-order valence-electron chi connectivity index (χ1n) is 5.25. The van der Waals surface area contributed by atoms with Crippen LogP contribution in [0, 0.1) is 5.41 Å². The van der Waals surface area contributed by atoms with Gasteiger partial charge in [0.1, 0.15) is 0 Å². The summed E-state index contributed by atoms with van der Waals surface area (Å²) in [5.74, 6) is 0.685. The monoisotopic (exact) mass is 210 g/mol. The second-order valence-corrected chi connectivity index (χ2v) is 5.76. The van der Waals surface area contributed by atoms with Gasteiger partial charge < -0.3 is 5.73 Å². The lowest BCUT2D eigenvalue weighted by atomic mass is 10.1. The summed E-state index contributed by atoms with van der Waals surface area (Å²) in [6.45, 7) is 6.71. The lowest BCUT2D eigenvalue weighted by molar-refractivity contribution is 0.616. The molecule has 1 heterocycles. The minimum Gasteiger partial charge on any atom is -0.323 e. The van der Waals surface area contributed by atoms with E-state index >= 15 is 0 Å². The van der Waals surface area contributed by atoms with E-state index in [0.29, 0.717) is 11.3 Å². The Balaban J connectivity index is 2.11. The fraction of sp³-hybridized carbons (Fsp3) is 0.727. The highest BCUT2D eigenvalue weighted by atomic mass is 32.1. The standard InChI is InChI=1S/C11H18N2S/c1-4-8(12)9-6-14-10(13-9)7-5-11(7,2)3/h6-8H,4-5,12H2,1-3H3. The van der Waals surface area contributed by atoms with Gasteiger partial charge in [-0.25, -0.2) is 4.98 Å². The number of nitrogens with zero attached hydrogens (tertiary/aromatic N) is 1. The molecule has 1 aromatic heterocycles. The second-order valence-electron chi connectivity index (χ2n) is 4.87. The Morgan fingerprint density at radius 1 is 1.71 bits per heavy atom. The number of thiazole rings is 1. The molecule has 2 nitrogen and oxygen atoms in total. The zero-order valence-corrected chi connectivity index (χ0v) is 9.90. The first kappa shape index (κ1) is 10.1. The van der Waals surface area contributed by atoms with Crippen molar-refractivity contribution < 1.29 is 0 Å². The Labute approximate surface area is 89.5 Å². The Morgan fingerprint density at radius 3 is 2.86 bits per heavy atom. The van der Waals surface area contributed by atoms with Gasteiger partial charge >= 0.3 is 0 Å². The third kappa shape index (κ3) is 1.71. The van der Waals surface area contributed by atoms with E-state index in [-0.39, 0.29) is 6.04 Å². The summed E-state index contributed by atoms with van der Waals surface area (Å²) < 4.78 is 0. The van der Waals surface area contributed by atoms with Crippen LogP contribution >= 0.6 is 11.3 Å². The summed E-state index contributed by atoms with van der Waals surface area (Å²) in [4.78, 5) is 4.63. The van der Waals surface area contributed by atoms with Crippen molar-refractivity contribution in [2.24, 2.45) is 11.1 Å². The summed E-state index contributed by atoms with van der Waals surface area (Å²) in [5, 5.41) is 3.41. The van der Waals surface area contributed by atoms with Crippen LogP contribution in [0.1, 0.15) is 56.3 Å². The van der Waals surface area contributed by atoms with E-state index in [1.807, 2.05) is 0 Å². The number of aromatic nitrogens is 1. The maximum Gasteiger partial charge on any atom is 0.0965 e. The van der Waals surface area contributed by atoms with Gasteiger partial charge in [-0.05, 0) is 18.3 Å². The van der Waals surface area contributed by atoms with Crippen LogP contribution in [0.4, 0.5) is 0 Å². The Hall–Kier alpha value is -0.410. The minimum atomic E-state index is 0.127. The fourth-order valence-electron chi connectivity index (χ4n) is 1.73. The third-order valence-corrected chi connectivity index (χ3v) is 4.15. The third-order valence-electron chi connectivity index (χ3n) is 3.17. The SMILES string of the molecule is CCC(N)c1csc(C2CC2(C)C)n1. The summed E-state index contributed by atoms with van der Waals surface area (Å²) >= 11 is 1.78. The first-order valence-corrected chi connectivity index (χ1v) is 6.13. The van der Waals surface area contributed by atoms with Crippen molar-refractivity contribution in [3.05, 3.63) is 16.1 Å². The predicted octanol–water partition coefficient (Wildman–Crippen LogP) is 3.07. The van der Waals surface area contributed by atoms with E-state index in [4.69, 9.17) is 5.73 Å². The van der Waals surface area contributed by atoms with Crippen LogP contribution in [0.25, 0.3) is 0 Å². The number of hydrogen-bond donors (Lipinski definition) is 1. The molecule has 2 atom stereocenters. The molecule has 0 aliphatic heterocycles. The topological polar surface area (TPSA) is 38.9 Å². The van der Waals surface area contributed by atoms with Gasteiger partial charge in [0.25, 0.3) is 0 Å². The average Bonchev–Trinajstić information content (AvgIpc) is 2.64. The van der Waals surface area contributed by atoms with Crippen LogP contribution in [-0.2, 0) is 0 Å². The Bertz CT molecular complexity index is 330. The highest BCUT2D eigenvalue weighted by Gasteiger charge is 2.48. The molecule has 2 rings (SSSR count). The minimum absolute atomic E-state index is 0.127. The number of hydrogen-bond acceptors (Lipinski definition) is 3. The van der Waals surface area contributed by atoms with Crippen molar-refractivity contribution in [2.45, 2.75) is 45.6 Å². The van der Waals surface area contributed by atoms with E-state index < -0.39 is 0 Å². The van der Waals surface area contributed by atoms with E-state index in [0.717, 1.165) is 12.1 Å². The molecule has 0 radical (unpaired) electrons. The summed E-state index contributed by atoms with van der Waals surface area (Å²) in [7, 11) is 0. The van der Waals surface area contributed by atoms with E-state index in [1.54, 1.807) is 11.3 Å². The zero-order valence-electron chi connectivity index (χ0n) is 9.08. The van der Waals surface area contributed by atoms with Gasteiger partial charge in [0.2, 0.25) is 0 Å². The van der Waals surface area contributed by atoms with Crippen LogP contribution in [0.5, 0.6) is 0 Å². The molecule has 14 heavy (non-hydrogen) atoms. The van der Waals surface area contributed by atoms with Gasteiger partial charge in [-0.2, -0.15) is 0 Å². The number of nitrogens with two attached hydrogens (primary N) is 1. The highest BCUT2D eigenvalue weighted by Crippen LogP contribution is 2.59. The molecule has 1 aromatic rings. The molecule has 0 bridgehead atoms. The van der Waals surface area contributed by atoms with Gasteiger partial charge in [0.05, 0.1) is 10.7 Å². The molecule has 2 N–H and O–H groups in total. The van der Waals surface area contributed by atoms with Crippen molar-refractivity contribution >= 4 is 11.3 Å². The van der Waals surface area contributed by atoms with Gasteiger partial charge in [-0.3, -0.25) is 0 Å². The fourth-order valence-corrected chi connectivity index (χ4v) is 2.92.